The van der Waals surface area contributed by atoms with E-state index in [9.17, 15) is 15.3 Å². The van der Waals surface area contributed by atoms with E-state index in [0.29, 0.717) is 43.4 Å². The van der Waals surface area contributed by atoms with Crippen molar-refractivity contribution in [3.05, 3.63) is 343 Å². The van der Waals surface area contributed by atoms with E-state index in [1.807, 2.05) is 182 Å². The molecule has 0 amide bonds. The van der Waals surface area contributed by atoms with Gasteiger partial charge in [-0.05, 0) is 131 Å². The standard InChI is InChI=1S/C87H86Cl2F2O15/c1-4-96-74-42-36-64(46-72(74)90)44-66-48-68(38-40-70(66)88)86(95-3)82(102-54-62-32-20-10-21-33-62)76(98-50-58-24-12-6-13-25-58)80(100-52-60-28-16-8-17-29-60)84(56-92,105-86)78(93)79(94)85-57-104-87(106-85,69-39-41-71(89)67(49-69)45-65-37-43-75(97-5-2)73(91)47-65)83(103-55-63-34-22-11-23-35-63)77(99-51-59-26-14-7-15-27-59)81(85)101-53-61-30-18-9-19-31-61/h6-43,46-49,76-83,92-94H,4-5,44-45,50-57H2,1-3H3/t76-,77-,78?,79?,80+,81+,82+,83+,84?,85-,86-,87-/m0/s1. The van der Waals surface area contributed by atoms with E-state index in [1.165, 1.54) is 19.2 Å². The molecule has 0 spiro atoms. The molecule has 3 unspecified atom stereocenters. The normalized spacial score (nSPS) is 24.0. The molecule has 552 valence electrons. The Hall–Kier alpha value is -8.28. The lowest BCUT2D eigenvalue weighted by Gasteiger charge is -2.60. The Labute approximate surface area is 626 Å². The molecule has 0 aliphatic carbocycles. The molecule has 3 N–H and O–H groups in total. The molecule has 10 aromatic rings. The first-order valence-electron chi connectivity index (χ1n) is 35.6. The molecular weight excluding hydrogens is 1390 g/mol. The summed E-state index contributed by atoms with van der Waals surface area (Å²) in [5, 5.41) is 43.0. The summed E-state index contributed by atoms with van der Waals surface area (Å²) >= 11 is 14.4. The van der Waals surface area contributed by atoms with Crippen molar-refractivity contribution in [2.75, 3.05) is 33.5 Å². The van der Waals surface area contributed by atoms with E-state index in [4.69, 9.17) is 80.0 Å². The first-order valence-corrected chi connectivity index (χ1v) is 36.4. The summed E-state index contributed by atoms with van der Waals surface area (Å²) in [6.07, 6.45) is -12.8. The van der Waals surface area contributed by atoms with Crippen LogP contribution in [0.5, 0.6) is 11.5 Å². The number of rotatable bonds is 33. The Balaban J connectivity index is 1.02. The number of methoxy groups -OCH3 is 1. The third-order valence-electron chi connectivity index (χ3n) is 19.9. The van der Waals surface area contributed by atoms with Gasteiger partial charge >= 0.3 is 0 Å². The smallest absolute Gasteiger partial charge is 0.225 e. The van der Waals surface area contributed by atoms with Gasteiger partial charge in [0.1, 0.15) is 48.8 Å². The van der Waals surface area contributed by atoms with Crippen LogP contribution in [0.1, 0.15) is 80.6 Å². The molecule has 2 bridgehead atoms. The molecule has 3 saturated heterocycles. The SMILES string of the molecule is CCOc1ccc(Cc2cc([C@]34OC[C@@](C(O)C(O)C5(CO)O[C@@](OC)(c6ccc(Cl)c(Cc7ccc(OCC)c(F)c7)c6)[C@H](OCc6ccccc6)[C@@H](OCc6ccccc6)[C@H]5OCc5ccccc5)(O3)[C@H](OCc3ccccc3)[C@H](OCc3ccccc3)[C@H]4OCc3ccccc3)ccc2Cl)cc1F. The number of aliphatic hydroxyl groups excluding tert-OH is 3. The largest absolute Gasteiger partial charge is 0.491 e. The number of hydrogen-bond acceptors (Lipinski definition) is 15. The van der Waals surface area contributed by atoms with Crippen LogP contribution >= 0.6 is 23.2 Å². The highest BCUT2D eigenvalue weighted by Crippen LogP contribution is 2.58. The molecule has 10 aromatic carbocycles. The first kappa shape index (κ1) is 75.9. The molecule has 106 heavy (non-hydrogen) atoms. The van der Waals surface area contributed by atoms with Crippen molar-refractivity contribution in [2.45, 2.75) is 138 Å². The zero-order valence-electron chi connectivity index (χ0n) is 59.1. The van der Waals surface area contributed by atoms with Crippen molar-refractivity contribution >= 4 is 23.2 Å². The van der Waals surface area contributed by atoms with Crippen LogP contribution in [0, 0.1) is 11.6 Å². The van der Waals surface area contributed by atoms with E-state index < -0.39 is 96.5 Å². The van der Waals surface area contributed by atoms with Crippen LogP contribution in [0.15, 0.2) is 255 Å². The van der Waals surface area contributed by atoms with Crippen LogP contribution < -0.4 is 9.47 Å². The summed E-state index contributed by atoms with van der Waals surface area (Å²) in [5.74, 6) is -5.29. The van der Waals surface area contributed by atoms with E-state index in [2.05, 4.69) is 0 Å². The average molecular weight is 1480 g/mol. The number of hydrogen-bond donors (Lipinski definition) is 3. The van der Waals surface area contributed by atoms with Gasteiger partial charge in [-0.1, -0.05) is 229 Å². The van der Waals surface area contributed by atoms with Gasteiger partial charge in [-0.3, -0.25) is 0 Å². The molecule has 0 radical (unpaired) electrons. The van der Waals surface area contributed by atoms with E-state index in [1.54, 1.807) is 74.5 Å². The fourth-order valence-corrected chi connectivity index (χ4v) is 15.0. The van der Waals surface area contributed by atoms with Crippen LogP contribution in [0.4, 0.5) is 8.78 Å². The lowest BCUT2D eigenvalue weighted by Crippen LogP contribution is -2.79. The molecule has 13 rings (SSSR count). The third kappa shape index (κ3) is 16.4. The Morgan fingerprint density at radius 2 is 0.802 bits per heavy atom. The summed E-state index contributed by atoms with van der Waals surface area (Å²) in [7, 11) is 1.41. The highest BCUT2D eigenvalue weighted by molar-refractivity contribution is 6.31. The quantitative estimate of drug-likeness (QED) is 0.0355. The van der Waals surface area contributed by atoms with Crippen molar-refractivity contribution in [2.24, 2.45) is 0 Å². The second-order valence-electron chi connectivity index (χ2n) is 26.7. The van der Waals surface area contributed by atoms with Crippen molar-refractivity contribution in [3.8, 4) is 11.5 Å². The Morgan fingerprint density at radius 1 is 0.425 bits per heavy atom. The minimum Gasteiger partial charge on any atom is -0.491 e. The summed E-state index contributed by atoms with van der Waals surface area (Å²) in [6.45, 7) is 1.99. The molecule has 19 heteroatoms. The van der Waals surface area contributed by atoms with Crippen molar-refractivity contribution in [1.29, 1.82) is 0 Å². The Morgan fingerprint density at radius 3 is 1.21 bits per heavy atom. The van der Waals surface area contributed by atoms with Gasteiger partial charge in [0.2, 0.25) is 11.6 Å². The van der Waals surface area contributed by atoms with E-state index >= 15 is 8.78 Å². The van der Waals surface area contributed by atoms with Crippen molar-refractivity contribution in [1.82, 2.24) is 0 Å². The second kappa shape index (κ2) is 34.7. The number of fused-ring (bicyclic) bond motifs is 2. The molecule has 3 aliphatic rings. The Bertz CT molecular complexity index is 4470. The number of ether oxygens (including phenoxy) is 12. The predicted octanol–water partition coefficient (Wildman–Crippen LogP) is 15.7. The average Bonchev–Trinajstić information content (AvgIpc) is 1.35. The third-order valence-corrected chi connectivity index (χ3v) is 20.6. The van der Waals surface area contributed by atoms with Crippen LogP contribution in [0.2, 0.25) is 10.0 Å². The van der Waals surface area contributed by atoms with Crippen LogP contribution in [-0.2, 0) is 111 Å². The van der Waals surface area contributed by atoms with Gasteiger partial charge < -0.3 is 72.2 Å². The van der Waals surface area contributed by atoms with Crippen LogP contribution in [0.3, 0.4) is 0 Å². The van der Waals surface area contributed by atoms with Gasteiger partial charge in [-0.15, -0.1) is 0 Å². The van der Waals surface area contributed by atoms with Gasteiger partial charge in [0, 0.05) is 28.3 Å². The lowest BCUT2D eigenvalue weighted by atomic mass is 9.71. The minimum absolute atomic E-state index is 0.0109. The second-order valence-corrected chi connectivity index (χ2v) is 27.6. The molecule has 15 nitrogen and oxygen atoms in total. The number of benzene rings is 10. The van der Waals surface area contributed by atoms with Gasteiger partial charge in [-0.25, -0.2) is 8.78 Å². The molecule has 3 aliphatic heterocycles. The fraction of sp³-hybridized carbons (Fsp3) is 0.310. The Kier molecular flexibility index (Phi) is 24.9. The minimum atomic E-state index is -2.59. The molecule has 3 fully saturated rings. The first-order chi connectivity index (χ1) is 51.7. The summed E-state index contributed by atoms with van der Waals surface area (Å²) in [6, 6.07) is 76.5. The zero-order valence-corrected chi connectivity index (χ0v) is 60.6. The lowest BCUT2D eigenvalue weighted by molar-refractivity contribution is -0.434. The molecule has 3 heterocycles. The summed E-state index contributed by atoms with van der Waals surface area (Å²) in [5.41, 5.74) is 2.40. The maximum absolute atomic E-state index is 15.8. The predicted molar refractivity (Wildman–Crippen MR) is 397 cm³/mol. The number of halogens is 4. The van der Waals surface area contributed by atoms with Crippen molar-refractivity contribution < 1.29 is 80.9 Å². The topological polar surface area (TPSA) is 171 Å². The fourth-order valence-electron chi connectivity index (χ4n) is 14.6. The molecule has 12 atom stereocenters. The monoisotopic (exact) mass is 1480 g/mol. The van der Waals surface area contributed by atoms with Crippen LogP contribution in [-0.4, -0.2) is 109 Å². The van der Waals surface area contributed by atoms with E-state index in [0.717, 1.165) is 27.8 Å². The van der Waals surface area contributed by atoms with Crippen LogP contribution in [0.25, 0.3) is 0 Å². The van der Waals surface area contributed by atoms with Gasteiger partial charge in [0.15, 0.2) is 34.3 Å². The maximum Gasteiger partial charge on any atom is 0.225 e. The highest BCUT2D eigenvalue weighted by Gasteiger charge is 2.76. The zero-order chi connectivity index (χ0) is 73.7. The maximum atomic E-state index is 15.8. The summed E-state index contributed by atoms with van der Waals surface area (Å²) in [4.78, 5) is 0. The molecule has 0 saturated carbocycles. The van der Waals surface area contributed by atoms with Crippen molar-refractivity contribution in [3.63, 3.8) is 0 Å². The van der Waals surface area contributed by atoms with Gasteiger partial charge in [0.05, 0.1) is 66.1 Å². The number of aliphatic hydroxyl groups is 3. The van der Waals surface area contributed by atoms with E-state index in [-0.39, 0.29) is 82.8 Å². The molecular formula is C87H86Cl2F2O15. The van der Waals surface area contributed by atoms with Gasteiger partial charge in [-0.2, -0.15) is 0 Å². The summed E-state index contributed by atoms with van der Waals surface area (Å²) < 4.78 is 116. The highest BCUT2D eigenvalue weighted by atomic mass is 35.5. The van der Waals surface area contributed by atoms with Gasteiger partial charge in [0.25, 0.3) is 0 Å². The molecule has 0 aromatic heterocycles.